The van der Waals surface area contributed by atoms with Crippen molar-refractivity contribution >= 4 is 11.9 Å². The molecule has 1 rings (SSSR count). The number of carboxylic acids is 1. The standard InChI is InChI=1S/C11H11N3O3/c1-14(6-2-5-12)10(15)8-3-4-9(11(16)17)13-7-8/h3-4,7H,2,6H2,1H3,(H,16,17). The molecule has 0 aromatic carbocycles. The molecule has 1 N–H and O–H groups in total. The molecule has 0 aliphatic carbocycles. The summed E-state index contributed by atoms with van der Waals surface area (Å²) in [5, 5.41) is 17.0. The maximum atomic E-state index is 11.8. The zero-order valence-corrected chi connectivity index (χ0v) is 9.25. The van der Waals surface area contributed by atoms with E-state index in [1.807, 2.05) is 6.07 Å². The maximum absolute atomic E-state index is 11.8. The van der Waals surface area contributed by atoms with Crippen LogP contribution in [0, 0.1) is 11.3 Å². The summed E-state index contributed by atoms with van der Waals surface area (Å²) in [6.45, 7) is 0.329. The second-order valence-electron chi connectivity index (χ2n) is 3.37. The minimum atomic E-state index is -1.14. The van der Waals surface area contributed by atoms with Crippen molar-refractivity contribution in [1.82, 2.24) is 9.88 Å². The van der Waals surface area contributed by atoms with E-state index in [-0.39, 0.29) is 18.0 Å². The van der Waals surface area contributed by atoms with Gasteiger partial charge in [-0.05, 0) is 12.1 Å². The lowest BCUT2D eigenvalue weighted by molar-refractivity contribution is 0.0688. The lowest BCUT2D eigenvalue weighted by Crippen LogP contribution is -2.27. The minimum absolute atomic E-state index is 0.110. The summed E-state index contributed by atoms with van der Waals surface area (Å²) in [6.07, 6.45) is 1.47. The zero-order valence-electron chi connectivity index (χ0n) is 9.25. The number of carbonyl (C=O) groups is 2. The van der Waals surface area contributed by atoms with Crippen LogP contribution in [0.1, 0.15) is 27.3 Å². The molecule has 6 heteroatoms. The summed E-state index contributed by atoms with van der Waals surface area (Å²) in [5.74, 6) is -1.42. The van der Waals surface area contributed by atoms with Gasteiger partial charge in [0.1, 0.15) is 5.69 Å². The van der Waals surface area contributed by atoms with Crippen molar-refractivity contribution in [2.75, 3.05) is 13.6 Å². The van der Waals surface area contributed by atoms with Gasteiger partial charge in [-0.3, -0.25) is 4.79 Å². The second-order valence-corrected chi connectivity index (χ2v) is 3.37. The highest BCUT2D eigenvalue weighted by Crippen LogP contribution is 2.04. The van der Waals surface area contributed by atoms with Crippen molar-refractivity contribution in [2.24, 2.45) is 0 Å². The average molecular weight is 233 g/mol. The van der Waals surface area contributed by atoms with E-state index in [0.717, 1.165) is 0 Å². The fourth-order valence-corrected chi connectivity index (χ4v) is 1.19. The van der Waals surface area contributed by atoms with Gasteiger partial charge in [0.05, 0.1) is 18.1 Å². The topological polar surface area (TPSA) is 94.3 Å². The molecule has 1 amide bonds. The van der Waals surface area contributed by atoms with Crippen LogP contribution in [-0.2, 0) is 0 Å². The molecule has 0 bridgehead atoms. The van der Waals surface area contributed by atoms with E-state index in [1.54, 1.807) is 7.05 Å². The first-order valence-corrected chi connectivity index (χ1v) is 4.88. The minimum Gasteiger partial charge on any atom is -0.477 e. The van der Waals surface area contributed by atoms with E-state index >= 15 is 0 Å². The SMILES string of the molecule is CN(CCC#N)C(=O)c1ccc(C(=O)O)nc1. The maximum Gasteiger partial charge on any atom is 0.354 e. The van der Waals surface area contributed by atoms with Gasteiger partial charge < -0.3 is 10.0 Å². The molecule has 0 aliphatic heterocycles. The normalized spacial score (nSPS) is 9.41. The van der Waals surface area contributed by atoms with E-state index in [4.69, 9.17) is 10.4 Å². The Hall–Kier alpha value is -2.42. The monoisotopic (exact) mass is 233 g/mol. The number of rotatable bonds is 4. The molecule has 0 saturated heterocycles. The lowest BCUT2D eigenvalue weighted by atomic mass is 10.2. The third-order valence-electron chi connectivity index (χ3n) is 2.14. The van der Waals surface area contributed by atoms with Gasteiger partial charge in [-0.2, -0.15) is 5.26 Å². The molecule has 1 heterocycles. The van der Waals surface area contributed by atoms with Crippen LogP contribution in [-0.4, -0.2) is 40.5 Å². The first-order valence-electron chi connectivity index (χ1n) is 4.88. The number of nitriles is 1. The number of hydrogen-bond donors (Lipinski definition) is 1. The van der Waals surface area contributed by atoms with Crippen LogP contribution >= 0.6 is 0 Å². The molecule has 88 valence electrons. The van der Waals surface area contributed by atoms with E-state index < -0.39 is 5.97 Å². The molecule has 1 aromatic rings. The summed E-state index contributed by atoms with van der Waals surface area (Å²) >= 11 is 0. The number of pyridine rings is 1. The van der Waals surface area contributed by atoms with Crippen LogP contribution in [0.2, 0.25) is 0 Å². The second kappa shape index (κ2) is 5.61. The molecule has 0 atom stereocenters. The van der Waals surface area contributed by atoms with E-state index in [2.05, 4.69) is 4.98 Å². The number of carbonyl (C=O) groups excluding carboxylic acids is 1. The molecular weight excluding hydrogens is 222 g/mol. The van der Waals surface area contributed by atoms with Crippen LogP contribution in [0.4, 0.5) is 0 Å². The van der Waals surface area contributed by atoms with Gasteiger partial charge in [-0.15, -0.1) is 0 Å². The lowest BCUT2D eigenvalue weighted by Gasteiger charge is -2.14. The molecule has 0 unspecified atom stereocenters. The summed E-state index contributed by atoms with van der Waals surface area (Å²) in [6, 6.07) is 4.62. The first kappa shape index (κ1) is 12.6. The number of aromatic nitrogens is 1. The van der Waals surface area contributed by atoms with Crippen LogP contribution in [0.25, 0.3) is 0 Å². The molecule has 0 radical (unpaired) electrons. The van der Waals surface area contributed by atoms with Gasteiger partial charge in [0.2, 0.25) is 0 Å². The molecule has 0 fully saturated rings. The van der Waals surface area contributed by atoms with Gasteiger partial charge in [0, 0.05) is 19.8 Å². The molecule has 0 aliphatic rings. The van der Waals surface area contributed by atoms with E-state index in [0.29, 0.717) is 12.1 Å². The third kappa shape index (κ3) is 3.28. The van der Waals surface area contributed by atoms with Crippen LogP contribution < -0.4 is 0 Å². The summed E-state index contributed by atoms with van der Waals surface area (Å²) in [5.41, 5.74) is 0.191. The molecular formula is C11H11N3O3. The molecule has 17 heavy (non-hydrogen) atoms. The number of hydrogen-bond acceptors (Lipinski definition) is 4. The zero-order chi connectivity index (χ0) is 12.8. The highest BCUT2D eigenvalue weighted by molar-refractivity contribution is 5.94. The van der Waals surface area contributed by atoms with Gasteiger partial charge in [-0.1, -0.05) is 0 Å². The number of nitrogens with zero attached hydrogens (tertiary/aromatic N) is 3. The van der Waals surface area contributed by atoms with Crippen molar-refractivity contribution in [1.29, 1.82) is 5.26 Å². The third-order valence-corrected chi connectivity index (χ3v) is 2.14. The van der Waals surface area contributed by atoms with Crippen molar-refractivity contribution in [3.05, 3.63) is 29.6 Å². The Morgan fingerprint density at radius 2 is 2.24 bits per heavy atom. The van der Waals surface area contributed by atoms with Crippen LogP contribution in [0.3, 0.4) is 0 Å². The molecule has 6 nitrogen and oxygen atoms in total. The van der Waals surface area contributed by atoms with Gasteiger partial charge >= 0.3 is 5.97 Å². The van der Waals surface area contributed by atoms with E-state index in [1.165, 1.54) is 23.2 Å². The Kier molecular flexibility index (Phi) is 4.17. The molecule has 0 spiro atoms. The summed E-state index contributed by atoms with van der Waals surface area (Å²) < 4.78 is 0. The highest BCUT2D eigenvalue weighted by Gasteiger charge is 2.12. The number of amides is 1. The Morgan fingerprint density at radius 1 is 1.53 bits per heavy atom. The number of aromatic carboxylic acids is 1. The Labute approximate surface area is 98.1 Å². The summed E-state index contributed by atoms with van der Waals surface area (Å²) in [4.78, 5) is 27.4. The Morgan fingerprint density at radius 3 is 2.71 bits per heavy atom. The molecule has 0 saturated carbocycles. The average Bonchev–Trinajstić information content (AvgIpc) is 2.35. The largest absolute Gasteiger partial charge is 0.477 e. The van der Waals surface area contributed by atoms with Gasteiger partial charge in [0.15, 0.2) is 0 Å². The quantitative estimate of drug-likeness (QED) is 0.828. The van der Waals surface area contributed by atoms with Crippen molar-refractivity contribution in [3.8, 4) is 6.07 Å². The van der Waals surface area contributed by atoms with Crippen molar-refractivity contribution < 1.29 is 14.7 Å². The Balaban J connectivity index is 2.76. The first-order chi connectivity index (χ1) is 8.06. The molecule has 1 aromatic heterocycles. The fourth-order valence-electron chi connectivity index (χ4n) is 1.19. The predicted molar refractivity (Wildman–Crippen MR) is 58.4 cm³/mol. The van der Waals surface area contributed by atoms with E-state index in [9.17, 15) is 9.59 Å². The highest BCUT2D eigenvalue weighted by atomic mass is 16.4. The fraction of sp³-hybridized carbons (Fsp3) is 0.273. The Bertz CT molecular complexity index is 462. The van der Waals surface area contributed by atoms with Gasteiger partial charge in [0.25, 0.3) is 5.91 Å². The smallest absolute Gasteiger partial charge is 0.354 e. The van der Waals surface area contributed by atoms with Crippen LogP contribution in [0.15, 0.2) is 18.3 Å². The number of carboxylic acid groups (broad SMARTS) is 1. The van der Waals surface area contributed by atoms with Crippen molar-refractivity contribution in [3.63, 3.8) is 0 Å². The van der Waals surface area contributed by atoms with Crippen molar-refractivity contribution in [2.45, 2.75) is 6.42 Å². The van der Waals surface area contributed by atoms with Gasteiger partial charge in [-0.25, -0.2) is 9.78 Å². The predicted octanol–water partition coefficient (Wildman–Crippen LogP) is 0.765. The summed E-state index contributed by atoms with van der Waals surface area (Å²) in [7, 11) is 1.57. The van der Waals surface area contributed by atoms with Crippen LogP contribution in [0.5, 0.6) is 0 Å².